The molecule has 0 spiro atoms. The zero-order chi connectivity index (χ0) is 14.6. The summed E-state index contributed by atoms with van der Waals surface area (Å²) in [5.41, 5.74) is 9.57. The third-order valence-corrected chi connectivity index (χ3v) is 5.12. The van der Waals surface area contributed by atoms with Gasteiger partial charge in [-0.2, -0.15) is 0 Å². The van der Waals surface area contributed by atoms with E-state index in [1.165, 1.54) is 49.7 Å². The van der Waals surface area contributed by atoms with E-state index in [0.29, 0.717) is 5.92 Å². The Bertz CT molecular complexity index is 406. The molecule has 2 N–H and O–H groups in total. The van der Waals surface area contributed by atoms with Crippen LogP contribution in [-0.2, 0) is 6.42 Å². The molecule has 1 fully saturated rings. The van der Waals surface area contributed by atoms with Gasteiger partial charge < -0.3 is 5.73 Å². The summed E-state index contributed by atoms with van der Waals surface area (Å²) >= 11 is 0. The molecule has 0 aliphatic heterocycles. The first-order valence-corrected chi connectivity index (χ1v) is 8.40. The number of hydrogen-bond donors (Lipinski definition) is 1. The molecule has 112 valence electrons. The lowest BCUT2D eigenvalue weighted by molar-refractivity contribution is 0.358. The third-order valence-electron chi connectivity index (χ3n) is 5.12. The second-order valence-electron chi connectivity index (χ2n) is 7.14. The van der Waals surface area contributed by atoms with Gasteiger partial charge in [-0.15, -0.1) is 0 Å². The molecular weight excluding hydrogens is 242 g/mol. The maximum Gasteiger partial charge on any atom is 0.0195 e. The highest BCUT2D eigenvalue weighted by Gasteiger charge is 2.28. The number of rotatable bonds is 4. The van der Waals surface area contributed by atoms with Crippen molar-refractivity contribution in [2.45, 2.75) is 77.2 Å². The van der Waals surface area contributed by atoms with E-state index >= 15 is 0 Å². The van der Waals surface area contributed by atoms with Gasteiger partial charge in [0, 0.05) is 5.54 Å². The second-order valence-corrected chi connectivity index (χ2v) is 7.14. The first-order chi connectivity index (χ1) is 9.52. The van der Waals surface area contributed by atoms with Crippen molar-refractivity contribution in [3.8, 4) is 0 Å². The van der Waals surface area contributed by atoms with Crippen molar-refractivity contribution < 1.29 is 0 Å². The van der Waals surface area contributed by atoms with Gasteiger partial charge in [0.15, 0.2) is 0 Å². The van der Waals surface area contributed by atoms with Crippen molar-refractivity contribution in [1.29, 1.82) is 0 Å². The number of hydrogen-bond acceptors (Lipinski definition) is 1. The van der Waals surface area contributed by atoms with Crippen molar-refractivity contribution >= 4 is 0 Å². The highest BCUT2D eigenvalue weighted by atomic mass is 14.7. The van der Waals surface area contributed by atoms with Crippen LogP contribution in [0.1, 0.15) is 76.3 Å². The fraction of sp³-hybridized carbons (Fsp3) is 0.684. The Morgan fingerprint density at radius 1 is 1.15 bits per heavy atom. The van der Waals surface area contributed by atoms with Crippen molar-refractivity contribution in [2.75, 3.05) is 0 Å². The SMILES string of the molecule is CCC1CCCC(N)(Cc2ccc(C(C)C)cc2)CC1. The minimum Gasteiger partial charge on any atom is -0.325 e. The monoisotopic (exact) mass is 273 g/mol. The summed E-state index contributed by atoms with van der Waals surface area (Å²) in [4.78, 5) is 0. The Morgan fingerprint density at radius 2 is 1.85 bits per heavy atom. The molecule has 1 saturated carbocycles. The summed E-state index contributed by atoms with van der Waals surface area (Å²) in [5.74, 6) is 1.52. The summed E-state index contributed by atoms with van der Waals surface area (Å²) in [5, 5.41) is 0. The predicted octanol–water partition coefficient (Wildman–Crippen LogP) is 5.04. The first kappa shape index (κ1) is 15.6. The van der Waals surface area contributed by atoms with E-state index in [1.807, 2.05) is 0 Å². The third kappa shape index (κ3) is 4.09. The molecule has 2 unspecified atom stereocenters. The molecule has 20 heavy (non-hydrogen) atoms. The Balaban J connectivity index is 2.00. The molecule has 0 aromatic heterocycles. The van der Waals surface area contributed by atoms with Gasteiger partial charge in [0.2, 0.25) is 0 Å². The topological polar surface area (TPSA) is 26.0 Å². The number of benzene rings is 1. The molecule has 0 radical (unpaired) electrons. The van der Waals surface area contributed by atoms with Crippen LogP contribution in [0, 0.1) is 5.92 Å². The Kier molecular flexibility index (Phi) is 5.26. The van der Waals surface area contributed by atoms with Crippen LogP contribution in [0.25, 0.3) is 0 Å². The molecule has 1 nitrogen and oxygen atoms in total. The average molecular weight is 273 g/mol. The molecule has 1 aromatic rings. The maximum absolute atomic E-state index is 6.71. The lowest BCUT2D eigenvalue weighted by Gasteiger charge is -2.28. The number of nitrogens with two attached hydrogens (primary N) is 1. The van der Waals surface area contributed by atoms with Crippen LogP contribution >= 0.6 is 0 Å². The molecular formula is C19H31N. The van der Waals surface area contributed by atoms with E-state index in [2.05, 4.69) is 45.0 Å². The van der Waals surface area contributed by atoms with E-state index in [0.717, 1.165) is 12.3 Å². The fourth-order valence-corrected chi connectivity index (χ4v) is 3.52. The largest absolute Gasteiger partial charge is 0.325 e. The first-order valence-electron chi connectivity index (χ1n) is 8.40. The van der Waals surface area contributed by atoms with Gasteiger partial charge in [-0.3, -0.25) is 0 Å². The smallest absolute Gasteiger partial charge is 0.0195 e. The minimum atomic E-state index is 0.0310. The summed E-state index contributed by atoms with van der Waals surface area (Å²) in [6.45, 7) is 6.81. The van der Waals surface area contributed by atoms with Crippen molar-refractivity contribution in [1.82, 2.24) is 0 Å². The van der Waals surface area contributed by atoms with Gasteiger partial charge in [-0.1, -0.05) is 64.3 Å². The molecule has 1 aliphatic carbocycles. The zero-order valence-electron chi connectivity index (χ0n) is 13.5. The Morgan fingerprint density at radius 3 is 2.45 bits per heavy atom. The van der Waals surface area contributed by atoms with E-state index < -0.39 is 0 Å². The van der Waals surface area contributed by atoms with E-state index in [9.17, 15) is 0 Å². The van der Waals surface area contributed by atoms with E-state index in [1.54, 1.807) is 0 Å². The molecule has 1 aromatic carbocycles. The normalized spacial score (nSPS) is 27.6. The predicted molar refractivity (Wildman–Crippen MR) is 88.0 cm³/mol. The molecule has 0 heterocycles. The van der Waals surface area contributed by atoms with Crippen LogP contribution < -0.4 is 5.73 Å². The molecule has 1 aliphatic rings. The standard InChI is InChI=1S/C19H31N/c1-4-16-6-5-12-19(20,13-11-16)14-17-7-9-18(10-8-17)15(2)3/h7-10,15-16H,4-6,11-14,20H2,1-3H3. The lowest BCUT2D eigenvalue weighted by atomic mass is 9.84. The van der Waals surface area contributed by atoms with Gasteiger partial charge in [-0.05, 0) is 48.6 Å². The van der Waals surface area contributed by atoms with Gasteiger partial charge >= 0.3 is 0 Å². The molecule has 2 rings (SSSR count). The summed E-state index contributed by atoms with van der Waals surface area (Å²) in [6.07, 6.45) is 8.74. The van der Waals surface area contributed by atoms with Crippen molar-refractivity contribution in [2.24, 2.45) is 11.7 Å². The van der Waals surface area contributed by atoms with Crippen LogP contribution in [0.5, 0.6) is 0 Å². The van der Waals surface area contributed by atoms with Crippen molar-refractivity contribution in [3.63, 3.8) is 0 Å². The quantitative estimate of drug-likeness (QED) is 0.764. The van der Waals surface area contributed by atoms with Crippen LogP contribution in [-0.4, -0.2) is 5.54 Å². The Labute approximate surface area is 125 Å². The highest BCUT2D eigenvalue weighted by Crippen LogP contribution is 2.32. The zero-order valence-corrected chi connectivity index (χ0v) is 13.5. The van der Waals surface area contributed by atoms with Crippen molar-refractivity contribution in [3.05, 3.63) is 35.4 Å². The molecule has 0 bridgehead atoms. The van der Waals surface area contributed by atoms with Gasteiger partial charge in [-0.25, -0.2) is 0 Å². The van der Waals surface area contributed by atoms with Crippen LogP contribution in [0.3, 0.4) is 0 Å². The summed E-state index contributed by atoms with van der Waals surface area (Å²) in [7, 11) is 0. The van der Waals surface area contributed by atoms with E-state index in [-0.39, 0.29) is 5.54 Å². The maximum atomic E-state index is 6.71. The van der Waals surface area contributed by atoms with Gasteiger partial charge in [0.05, 0.1) is 0 Å². The molecule has 1 heteroatoms. The minimum absolute atomic E-state index is 0.0310. The van der Waals surface area contributed by atoms with Gasteiger partial charge in [0.1, 0.15) is 0 Å². The highest BCUT2D eigenvalue weighted by molar-refractivity contribution is 5.26. The van der Waals surface area contributed by atoms with Crippen LogP contribution in [0.15, 0.2) is 24.3 Å². The van der Waals surface area contributed by atoms with E-state index in [4.69, 9.17) is 5.73 Å². The average Bonchev–Trinajstić information content (AvgIpc) is 2.61. The fourth-order valence-electron chi connectivity index (χ4n) is 3.52. The molecule has 2 atom stereocenters. The van der Waals surface area contributed by atoms with Crippen LogP contribution in [0.2, 0.25) is 0 Å². The molecule has 0 amide bonds. The van der Waals surface area contributed by atoms with Crippen LogP contribution in [0.4, 0.5) is 0 Å². The van der Waals surface area contributed by atoms with Gasteiger partial charge in [0.25, 0.3) is 0 Å². The second kappa shape index (κ2) is 6.76. The molecule has 0 saturated heterocycles. The summed E-state index contributed by atoms with van der Waals surface area (Å²) < 4.78 is 0. The summed E-state index contributed by atoms with van der Waals surface area (Å²) in [6, 6.07) is 9.11. The Hall–Kier alpha value is -0.820. The lowest BCUT2D eigenvalue weighted by Crippen LogP contribution is -2.41.